The minimum atomic E-state index is -0.0000902. The van der Waals surface area contributed by atoms with Gasteiger partial charge in [-0.25, -0.2) is 14.6 Å². The minimum absolute atomic E-state index is 0.0000902. The Balaban J connectivity index is 1.53. The Labute approximate surface area is 122 Å². The van der Waals surface area contributed by atoms with E-state index in [0.717, 1.165) is 12.0 Å². The molecule has 7 heteroatoms. The van der Waals surface area contributed by atoms with Crippen LogP contribution in [0.3, 0.4) is 0 Å². The molecular weight excluding hydrogens is 270 g/mol. The maximum absolute atomic E-state index is 12.1. The summed E-state index contributed by atoms with van der Waals surface area (Å²) in [5.41, 5.74) is 1.10. The van der Waals surface area contributed by atoms with Crippen LogP contribution in [0, 0.1) is 6.92 Å². The average Bonchev–Trinajstić information content (AvgIpc) is 3.13. The monoisotopic (exact) mass is 287 g/mol. The van der Waals surface area contributed by atoms with Crippen molar-refractivity contribution in [2.45, 2.75) is 26.0 Å². The van der Waals surface area contributed by atoms with Crippen LogP contribution in [0.15, 0.2) is 31.0 Å². The molecule has 0 aliphatic carbocycles. The molecule has 1 aliphatic heterocycles. The third-order valence-corrected chi connectivity index (χ3v) is 3.43. The van der Waals surface area contributed by atoms with Gasteiger partial charge < -0.3 is 9.64 Å². The fourth-order valence-corrected chi connectivity index (χ4v) is 2.30. The lowest BCUT2D eigenvalue weighted by Crippen LogP contribution is -2.33. The fraction of sp³-hybridized carbons (Fsp3) is 0.429. The molecule has 21 heavy (non-hydrogen) atoms. The molecule has 1 unspecified atom stereocenters. The number of amides is 1. The Morgan fingerprint density at radius 2 is 2.38 bits per heavy atom. The molecule has 0 spiro atoms. The van der Waals surface area contributed by atoms with E-state index >= 15 is 0 Å². The van der Waals surface area contributed by atoms with Gasteiger partial charge in [-0.15, -0.1) is 0 Å². The SMILES string of the molecule is Cc1ccc(OC2CCN(C(=O)Cn3cncn3)C2)nc1. The van der Waals surface area contributed by atoms with Gasteiger partial charge in [0.2, 0.25) is 11.8 Å². The average molecular weight is 287 g/mol. The summed E-state index contributed by atoms with van der Waals surface area (Å²) >= 11 is 0. The highest BCUT2D eigenvalue weighted by Gasteiger charge is 2.27. The van der Waals surface area contributed by atoms with Gasteiger partial charge in [0.1, 0.15) is 25.3 Å². The highest BCUT2D eigenvalue weighted by atomic mass is 16.5. The quantitative estimate of drug-likeness (QED) is 0.826. The Bertz CT molecular complexity index is 596. The van der Waals surface area contributed by atoms with Crippen molar-refractivity contribution in [2.75, 3.05) is 13.1 Å². The van der Waals surface area contributed by atoms with Gasteiger partial charge in [-0.05, 0) is 12.5 Å². The summed E-state index contributed by atoms with van der Waals surface area (Å²) in [6, 6.07) is 3.82. The number of likely N-dealkylation sites (tertiary alicyclic amines) is 1. The molecule has 2 aromatic rings. The molecule has 0 saturated carbocycles. The van der Waals surface area contributed by atoms with Crippen molar-refractivity contribution in [2.24, 2.45) is 0 Å². The molecule has 0 aromatic carbocycles. The molecule has 1 atom stereocenters. The molecule has 110 valence electrons. The highest BCUT2D eigenvalue weighted by Crippen LogP contribution is 2.17. The van der Waals surface area contributed by atoms with E-state index in [9.17, 15) is 4.79 Å². The van der Waals surface area contributed by atoms with E-state index in [-0.39, 0.29) is 18.6 Å². The number of hydrogen-bond donors (Lipinski definition) is 0. The summed E-state index contributed by atoms with van der Waals surface area (Å²) in [4.78, 5) is 22.0. The fourth-order valence-electron chi connectivity index (χ4n) is 2.30. The molecule has 7 nitrogen and oxygen atoms in total. The zero-order valence-corrected chi connectivity index (χ0v) is 11.8. The van der Waals surface area contributed by atoms with Gasteiger partial charge in [-0.2, -0.15) is 5.10 Å². The van der Waals surface area contributed by atoms with E-state index in [4.69, 9.17) is 4.74 Å². The summed E-state index contributed by atoms with van der Waals surface area (Å²) in [7, 11) is 0. The van der Waals surface area contributed by atoms with Gasteiger partial charge in [-0.1, -0.05) is 6.07 Å². The summed E-state index contributed by atoms with van der Waals surface area (Å²) in [6.45, 7) is 3.49. The molecule has 1 aliphatic rings. The third-order valence-electron chi connectivity index (χ3n) is 3.43. The lowest BCUT2D eigenvalue weighted by molar-refractivity contribution is -0.131. The summed E-state index contributed by atoms with van der Waals surface area (Å²) in [6.07, 6.45) is 5.56. The predicted molar refractivity (Wildman–Crippen MR) is 74.6 cm³/mol. The number of carbonyl (C=O) groups excluding carboxylic acids is 1. The van der Waals surface area contributed by atoms with Crippen LogP contribution in [0.5, 0.6) is 5.88 Å². The maximum Gasteiger partial charge on any atom is 0.244 e. The first-order valence-corrected chi connectivity index (χ1v) is 6.90. The number of ether oxygens (including phenoxy) is 1. The van der Waals surface area contributed by atoms with Crippen LogP contribution >= 0.6 is 0 Å². The molecule has 3 heterocycles. The lowest BCUT2D eigenvalue weighted by Gasteiger charge is -2.16. The molecular formula is C14H17N5O2. The number of aryl methyl sites for hydroxylation is 1. The van der Waals surface area contributed by atoms with Crippen molar-refractivity contribution in [3.63, 3.8) is 0 Å². The smallest absolute Gasteiger partial charge is 0.244 e. The first-order valence-electron chi connectivity index (χ1n) is 6.90. The second-order valence-electron chi connectivity index (χ2n) is 5.14. The molecule has 3 rings (SSSR count). The third kappa shape index (κ3) is 3.36. The Morgan fingerprint density at radius 1 is 1.48 bits per heavy atom. The number of rotatable bonds is 4. The minimum Gasteiger partial charge on any atom is -0.472 e. The molecule has 1 amide bonds. The summed E-state index contributed by atoms with van der Waals surface area (Å²) in [5.74, 6) is 0.639. The van der Waals surface area contributed by atoms with E-state index in [1.165, 1.54) is 17.3 Å². The molecule has 2 aromatic heterocycles. The van der Waals surface area contributed by atoms with Crippen LogP contribution in [0.25, 0.3) is 0 Å². The van der Waals surface area contributed by atoms with Gasteiger partial charge in [-0.3, -0.25) is 4.79 Å². The van der Waals surface area contributed by atoms with Crippen LogP contribution in [-0.2, 0) is 11.3 Å². The Hall–Kier alpha value is -2.44. The zero-order valence-electron chi connectivity index (χ0n) is 11.8. The normalized spacial score (nSPS) is 18.0. The Kier molecular flexibility index (Phi) is 3.81. The van der Waals surface area contributed by atoms with E-state index < -0.39 is 0 Å². The van der Waals surface area contributed by atoms with Gasteiger partial charge in [0.25, 0.3) is 0 Å². The van der Waals surface area contributed by atoms with E-state index in [1.807, 2.05) is 19.1 Å². The van der Waals surface area contributed by atoms with Crippen LogP contribution < -0.4 is 4.74 Å². The van der Waals surface area contributed by atoms with E-state index in [2.05, 4.69) is 15.1 Å². The number of aromatic nitrogens is 4. The van der Waals surface area contributed by atoms with E-state index in [0.29, 0.717) is 19.0 Å². The second kappa shape index (κ2) is 5.90. The van der Waals surface area contributed by atoms with Crippen molar-refractivity contribution >= 4 is 5.91 Å². The first kappa shape index (κ1) is 13.5. The van der Waals surface area contributed by atoms with Gasteiger partial charge in [0.15, 0.2) is 0 Å². The van der Waals surface area contributed by atoms with Crippen molar-refractivity contribution in [1.82, 2.24) is 24.6 Å². The lowest BCUT2D eigenvalue weighted by atomic mass is 10.3. The molecule has 1 saturated heterocycles. The van der Waals surface area contributed by atoms with Crippen LogP contribution in [0.4, 0.5) is 0 Å². The standard InChI is InChI=1S/C14H17N5O2/c1-11-2-3-13(16-6-11)21-12-4-5-18(7-12)14(20)8-19-10-15-9-17-19/h2-3,6,9-10,12H,4-5,7-8H2,1H3. The van der Waals surface area contributed by atoms with E-state index in [1.54, 1.807) is 11.1 Å². The van der Waals surface area contributed by atoms with Crippen molar-refractivity contribution < 1.29 is 9.53 Å². The van der Waals surface area contributed by atoms with Crippen molar-refractivity contribution in [3.8, 4) is 5.88 Å². The van der Waals surface area contributed by atoms with Crippen LogP contribution in [-0.4, -0.2) is 49.7 Å². The van der Waals surface area contributed by atoms with Crippen LogP contribution in [0.2, 0.25) is 0 Å². The zero-order chi connectivity index (χ0) is 14.7. The molecule has 0 radical (unpaired) electrons. The van der Waals surface area contributed by atoms with Gasteiger partial charge >= 0.3 is 0 Å². The maximum atomic E-state index is 12.1. The van der Waals surface area contributed by atoms with Crippen LogP contribution in [0.1, 0.15) is 12.0 Å². The number of nitrogens with zero attached hydrogens (tertiary/aromatic N) is 5. The second-order valence-corrected chi connectivity index (χ2v) is 5.14. The highest BCUT2D eigenvalue weighted by molar-refractivity contribution is 5.76. The van der Waals surface area contributed by atoms with Gasteiger partial charge in [0, 0.05) is 25.2 Å². The Morgan fingerprint density at radius 3 is 3.10 bits per heavy atom. The molecule has 0 bridgehead atoms. The summed E-state index contributed by atoms with van der Waals surface area (Å²) < 4.78 is 7.33. The predicted octanol–water partition coefficient (Wildman–Crippen LogP) is 0.661. The number of pyridine rings is 1. The van der Waals surface area contributed by atoms with Gasteiger partial charge in [0.05, 0.1) is 6.54 Å². The summed E-state index contributed by atoms with van der Waals surface area (Å²) in [5, 5.41) is 3.94. The number of hydrogen-bond acceptors (Lipinski definition) is 5. The topological polar surface area (TPSA) is 73.1 Å². The largest absolute Gasteiger partial charge is 0.472 e. The first-order chi connectivity index (χ1) is 10.2. The molecule has 1 fully saturated rings. The van der Waals surface area contributed by atoms with Crippen molar-refractivity contribution in [3.05, 3.63) is 36.5 Å². The van der Waals surface area contributed by atoms with Crippen molar-refractivity contribution in [1.29, 1.82) is 0 Å². The molecule has 0 N–H and O–H groups in total. The number of carbonyl (C=O) groups is 1.